The molecule has 2 aromatic rings. The van der Waals surface area contributed by atoms with Crippen molar-refractivity contribution in [3.05, 3.63) is 59.4 Å². The van der Waals surface area contributed by atoms with Crippen molar-refractivity contribution in [2.75, 3.05) is 11.9 Å². The average molecular weight is 297 g/mol. The lowest BCUT2D eigenvalue weighted by molar-refractivity contribution is 0.0948. The van der Waals surface area contributed by atoms with Gasteiger partial charge >= 0.3 is 0 Å². The summed E-state index contributed by atoms with van der Waals surface area (Å²) in [5.41, 5.74) is 2.21. The van der Waals surface area contributed by atoms with Crippen molar-refractivity contribution in [2.45, 2.75) is 20.3 Å². The Morgan fingerprint density at radius 1 is 1.05 bits per heavy atom. The van der Waals surface area contributed by atoms with Crippen molar-refractivity contribution in [3.8, 4) is 0 Å². The van der Waals surface area contributed by atoms with E-state index in [0.29, 0.717) is 12.2 Å². The van der Waals surface area contributed by atoms with Gasteiger partial charge in [-0.25, -0.2) is 4.98 Å². The van der Waals surface area contributed by atoms with Crippen LogP contribution < -0.4 is 10.6 Å². The lowest BCUT2D eigenvalue weighted by Crippen LogP contribution is -2.26. The van der Waals surface area contributed by atoms with E-state index in [0.717, 1.165) is 12.0 Å². The molecule has 2 N–H and O–H groups in total. The SMILES string of the molecule is CCCNC(=O)c1cccc(C(=O)Nc2cccc(C)c2)n1. The Balaban J connectivity index is 2.11. The van der Waals surface area contributed by atoms with Gasteiger partial charge in [-0.05, 0) is 43.2 Å². The van der Waals surface area contributed by atoms with Crippen molar-refractivity contribution < 1.29 is 9.59 Å². The molecule has 0 radical (unpaired) electrons. The highest BCUT2D eigenvalue weighted by atomic mass is 16.2. The number of nitrogens with one attached hydrogen (secondary N) is 2. The van der Waals surface area contributed by atoms with Gasteiger partial charge in [0.15, 0.2) is 0 Å². The molecule has 0 aliphatic heterocycles. The van der Waals surface area contributed by atoms with Crippen molar-refractivity contribution in [1.29, 1.82) is 0 Å². The van der Waals surface area contributed by atoms with Gasteiger partial charge in [0.1, 0.15) is 11.4 Å². The van der Waals surface area contributed by atoms with E-state index in [2.05, 4.69) is 15.6 Å². The third kappa shape index (κ3) is 4.15. The molecule has 0 bridgehead atoms. The summed E-state index contributed by atoms with van der Waals surface area (Å²) in [5, 5.41) is 5.51. The first-order valence-corrected chi connectivity index (χ1v) is 7.23. The molecule has 0 aliphatic rings. The van der Waals surface area contributed by atoms with E-state index in [1.54, 1.807) is 18.2 Å². The predicted octanol–water partition coefficient (Wildman–Crippen LogP) is 2.78. The summed E-state index contributed by atoms with van der Waals surface area (Å²) in [5.74, 6) is -0.609. The van der Waals surface area contributed by atoms with Crippen LogP contribution in [0.15, 0.2) is 42.5 Å². The minimum absolute atomic E-state index is 0.214. The Labute approximate surface area is 129 Å². The highest BCUT2D eigenvalue weighted by Crippen LogP contribution is 2.11. The van der Waals surface area contributed by atoms with Crippen LogP contribution in [-0.4, -0.2) is 23.3 Å². The van der Waals surface area contributed by atoms with Crippen molar-refractivity contribution in [3.63, 3.8) is 0 Å². The Hall–Kier alpha value is -2.69. The number of benzene rings is 1. The first-order chi connectivity index (χ1) is 10.6. The summed E-state index contributed by atoms with van der Waals surface area (Å²) in [4.78, 5) is 28.2. The van der Waals surface area contributed by atoms with Crippen LogP contribution in [0.1, 0.15) is 39.9 Å². The molecule has 2 rings (SSSR count). The zero-order valence-corrected chi connectivity index (χ0v) is 12.7. The van der Waals surface area contributed by atoms with E-state index in [-0.39, 0.29) is 23.2 Å². The van der Waals surface area contributed by atoms with Crippen LogP contribution in [0.4, 0.5) is 5.69 Å². The Morgan fingerprint density at radius 3 is 2.41 bits per heavy atom. The zero-order chi connectivity index (χ0) is 15.9. The molecule has 1 aromatic heterocycles. The quantitative estimate of drug-likeness (QED) is 0.891. The maximum atomic E-state index is 12.2. The third-order valence-electron chi connectivity index (χ3n) is 3.03. The first-order valence-electron chi connectivity index (χ1n) is 7.23. The Bertz CT molecular complexity index is 683. The van der Waals surface area contributed by atoms with Gasteiger partial charge in [-0.1, -0.05) is 25.1 Å². The molecular weight excluding hydrogens is 278 g/mol. The van der Waals surface area contributed by atoms with E-state index < -0.39 is 0 Å². The monoisotopic (exact) mass is 297 g/mol. The molecule has 0 atom stereocenters. The number of pyridine rings is 1. The summed E-state index contributed by atoms with van der Waals surface area (Å²) in [6.45, 7) is 4.51. The minimum Gasteiger partial charge on any atom is -0.351 e. The van der Waals surface area contributed by atoms with Crippen molar-refractivity contribution in [1.82, 2.24) is 10.3 Å². The number of anilines is 1. The van der Waals surface area contributed by atoms with E-state index in [4.69, 9.17) is 0 Å². The smallest absolute Gasteiger partial charge is 0.274 e. The average Bonchev–Trinajstić information content (AvgIpc) is 2.52. The van der Waals surface area contributed by atoms with Crippen molar-refractivity contribution >= 4 is 17.5 Å². The fourth-order valence-corrected chi connectivity index (χ4v) is 1.93. The number of aryl methyl sites for hydroxylation is 1. The zero-order valence-electron chi connectivity index (χ0n) is 12.7. The molecule has 0 saturated carbocycles. The summed E-state index contributed by atoms with van der Waals surface area (Å²) in [6.07, 6.45) is 0.847. The molecule has 1 aromatic carbocycles. The van der Waals surface area contributed by atoms with Crippen LogP contribution >= 0.6 is 0 Å². The van der Waals surface area contributed by atoms with Gasteiger partial charge in [-0.3, -0.25) is 9.59 Å². The van der Waals surface area contributed by atoms with E-state index >= 15 is 0 Å². The molecule has 0 saturated heterocycles. The predicted molar refractivity (Wildman–Crippen MR) is 86.0 cm³/mol. The molecule has 2 amide bonds. The van der Waals surface area contributed by atoms with Crippen LogP contribution in [0.3, 0.4) is 0 Å². The van der Waals surface area contributed by atoms with Gasteiger partial charge < -0.3 is 10.6 Å². The maximum Gasteiger partial charge on any atom is 0.274 e. The number of aromatic nitrogens is 1. The second-order valence-electron chi connectivity index (χ2n) is 4.99. The molecular formula is C17H19N3O2. The summed E-state index contributed by atoms with van der Waals surface area (Å²) >= 11 is 0. The lowest BCUT2D eigenvalue weighted by atomic mass is 10.2. The molecule has 0 aliphatic carbocycles. The maximum absolute atomic E-state index is 12.2. The highest BCUT2D eigenvalue weighted by molar-refractivity contribution is 6.03. The summed E-state index contributed by atoms with van der Waals surface area (Å²) < 4.78 is 0. The Morgan fingerprint density at radius 2 is 1.73 bits per heavy atom. The Kier molecular flexibility index (Phi) is 5.25. The van der Waals surface area contributed by atoms with Crippen LogP contribution in [0, 0.1) is 6.92 Å². The van der Waals surface area contributed by atoms with E-state index in [9.17, 15) is 9.59 Å². The first kappa shape index (κ1) is 15.7. The molecule has 5 nitrogen and oxygen atoms in total. The number of hydrogen-bond acceptors (Lipinski definition) is 3. The molecule has 0 unspecified atom stereocenters. The standard InChI is InChI=1S/C17H19N3O2/c1-3-10-18-16(21)14-8-5-9-15(20-14)17(22)19-13-7-4-6-12(2)11-13/h4-9,11H,3,10H2,1-2H3,(H,18,21)(H,19,22). The molecule has 22 heavy (non-hydrogen) atoms. The fourth-order valence-electron chi connectivity index (χ4n) is 1.93. The third-order valence-corrected chi connectivity index (χ3v) is 3.03. The van der Waals surface area contributed by atoms with Gasteiger partial charge in [0.05, 0.1) is 0 Å². The van der Waals surface area contributed by atoms with E-state index in [1.807, 2.05) is 38.1 Å². The fraction of sp³-hybridized carbons (Fsp3) is 0.235. The van der Waals surface area contributed by atoms with Gasteiger partial charge in [-0.15, -0.1) is 0 Å². The van der Waals surface area contributed by atoms with Crippen molar-refractivity contribution in [2.24, 2.45) is 0 Å². The van der Waals surface area contributed by atoms with Gasteiger partial charge in [0.2, 0.25) is 0 Å². The molecule has 114 valence electrons. The number of rotatable bonds is 5. The molecule has 0 fully saturated rings. The minimum atomic E-state index is -0.337. The largest absolute Gasteiger partial charge is 0.351 e. The van der Waals surface area contributed by atoms with Gasteiger partial charge in [-0.2, -0.15) is 0 Å². The number of carbonyl (C=O) groups excluding carboxylic acids is 2. The topological polar surface area (TPSA) is 71.1 Å². The molecule has 0 spiro atoms. The molecule has 1 heterocycles. The van der Waals surface area contributed by atoms with Gasteiger partial charge in [0.25, 0.3) is 11.8 Å². The second-order valence-corrected chi connectivity index (χ2v) is 4.99. The normalized spacial score (nSPS) is 10.1. The number of nitrogens with zero attached hydrogens (tertiary/aromatic N) is 1. The van der Waals surface area contributed by atoms with Crippen LogP contribution in [0.25, 0.3) is 0 Å². The second kappa shape index (κ2) is 7.36. The molecule has 5 heteroatoms. The summed E-state index contributed by atoms with van der Waals surface area (Å²) in [6, 6.07) is 12.3. The van der Waals surface area contributed by atoms with E-state index in [1.165, 1.54) is 0 Å². The number of amides is 2. The highest BCUT2D eigenvalue weighted by Gasteiger charge is 2.12. The van der Waals surface area contributed by atoms with Crippen LogP contribution in [0.2, 0.25) is 0 Å². The number of hydrogen-bond donors (Lipinski definition) is 2. The van der Waals surface area contributed by atoms with Crippen LogP contribution in [0.5, 0.6) is 0 Å². The summed E-state index contributed by atoms with van der Waals surface area (Å²) in [7, 11) is 0. The van der Waals surface area contributed by atoms with Crippen LogP contribution in [-0.2, 0) is 0 Å². The van der Waals surface area contributed by atoms with Gasteiger partial charge in [0, 0.05) is 12.2 Å². The lowest BCUT2D eigenvalue weighted by Gasteiger charge is -2.07. The number of carbonyl (C=O) groups is 2.